The molecule has 1 aliphatic carbocycles. The van der Waals surface area contributed by atoms with Gasteiger partial charge in [0.2, 0.25) is 0 Å². The zero-order valence-electron chi connectivity index (χ0n) is 11.9. The molecule has 0 heterocycles. The van der Waals surface area contributed by atoms with Crippen LogP contribution < -0.4 is 0 Å². The minimum Gasteiger partial charge on any atom is -0.458 e. The van der Waals surface area contributed by atoms with E-state index >= 15 is 0 Å². The van der Waals surface area contributed by atoms with Gasteiger partial charge in [-0.1, -0.05) is 31.2 Å². The highest BCUT2D eigenvalue weighted by Gasteiger charge is 2.76. The van der Waals surface area contributed by atoms with E-state index in [1.807, 2.05) is 0 Å². The van der Waals surface area contributed by atoms with E-state index < -0.39 is 30.5 Å². The molecule has 0 saturated heterocycles. The number of alkyl halides is 6. The Morgan fingerprint density at radius 1 is 1.30 bits per heavy atom. The van der Waals surface area contributed by atoms with Gasteiger partial charge in [-0.15, -0.1) is 6.58 Å². The topological polar surface area (TPSA) is 46.5 Å². The maximum Gasteiger partial charge on any atom is 0.437 e. The van der Waals surface area contributed by atoms with Crippen LogP contribution in [0.2, 0.25) is 0 Å². The molecular weight excluding hydrogens is 330 g/mol. The molecule has 1 aliphatic rings. The van der Waals surface area contributed by atoms with E-state index in [0.717, 1.165) is 0 Å². The van der Waals surface area contributed by atoms with Gasteiger partial charge in [0.1, 0.15) is 6.61 Å². The number of hydrogen-bond donors (Lipinski definition) is 1. The summed E-state index contributed by atoms with van der Waals surface area (Å²) in [6.07, 6.45) is -6.33. The zero-order valence-corrected chi connectivity index (χ0v) is 11.9. The van der Waals surface area contributed by atoms with E-state index in [9.17, 15) is 31.1 Å². The Bertz CT molecular complexity index is 516. The average molecular weight is 344 g/mol. The summed E-state index contributed by atoms with van der Waals surface area (Å²) in [5, 5.41) is 8.84. The third kappa shape index (κ3) is 3.77. The van der Waals surface area contributed by atoms with Gasteiger partial charge < -0.3 is 9.84 Å². The molecule has 0 aromatic carbocycles. The molecule has 2 atom stereocenters. The Hall–Kier alpha value is -1.77. The molecule has 1 rings (SSSR count). The summed E-state index contributed by atoms with van der Waals surface area (Å²) in [4.78, 5) is 11.2. The van der Waals surface area contributed by atoms with E-state index in [1.165, 1.54) is 12.2 Å². The van der Waals surface area contributed by atoms with E-state index in [-0.39, 0.29) is 17.4 Å². The number of halogens is 6. The SMILES string of the molecule is C=CC1C=CC(COC(=O)C(O)(C(F)(F)F)C(F)(F)F)=CC1C. The molecule has 0 amide bonds. The number of hydrogen-bond acceptors (Lipinski definition) is 3. The molecule has 0 saturated carbocycles. The van der Waals surface area contributed by atoms with Crippen molar-refractivity contribution in [2.24, 2.45) is 11.8 Å². The lowest BCUT2D eigenvalue weighted by atomic mass is 9.87. The average Bonchev–Trinajstić information content (AvgIpc) is 2.41. The molecule has 0 aliphatic heterocycles. The highest BCUT2D eigenvalue weighted by Crippen LogP contribution is 2.43. The van der Waals surface area contributed by atoms with Gasteiger partial charge in [-0.2, -0.15) is 26.3 Å². The van der Waals surface area contributed by atoms with Gasteiger partial charge in [-0.25, -0.2) is 4.79 Å². The smallest absolute Gasteiger partial charge is 0.437 e. The van der Waals surface area contributed by atoms with Crippen molar-refractivity contribution in [3.05, 3.63) is 36.5 Å². The molecular formula is C14H14F6O3. The summed E-state index contributed by atoms with van der Waals surface area (Å²) >= 11 is 0. The lowest BCUT2D eigenvalue weighted by molar-refractivity contribution is -0.356. The molecule has 9 heteroatoms. The van der Waals surface area contributed by atoms with Gasteiger partial charge in [0.15, 0.2) is 0 Å². The largest absolute Gasteiger partial charge is 0.458 e. The first-order valence-electron chi connectivity index (χ1n) is 6.39. The Kier molecular flexibility index (Phi) is 5.35. The minimum absolute atomic E-state index is 0.0447. The summed E-state index contributed by atoms with van der Waals surface area (Å²) in [6.45, 7) is 4.50. The third-order valence-electron chi connectivity index (χ3n) is 3.37. The number of aliphatic hydroxyl groups is 1. The van der Waals surface area contributed by atoms with Crippen LogP contribution in [0, 0.1) is 11.8 Å². The van der Waals surface area contributed by atoms with Crippen molar-refractivity contribution in [1.82, 2.24) is 0 Å². The summed E-state index contributed by atoms with van der Waals surface area (Å²) in [6, 6.07) is 0. The van der Waals surface area contributed by atoms with Crippen LogP contribution in [0.25, 0.3) is 0 Å². The first-order valence-corrected chi connectivity index (χ1v) is 6.39. The van der Waals surface area contributed by atoms with Crippen LogP contribution in [-0.2, 0) is 9.53 Å². The van der Waals surface area contributed by atoms with Crippen LogP contribution in [0.5, 0.6) is 0 Å². The van der Waals surface area contributed by atoms with Gasteiger partial charge in [0.25, 0.3) is 0 Å². The molecule has 130 valence electrons. The maximum absolute atomic E-state index is 12.5. The summed E-state index contributed by atoms with van der Waals surface area (Å²) in [5.41, 5.74) is -5.34. The van der Waals surface area contributed by atoms with Crippen LogP contribution in [0.3, 0.4) is 0 Å². The Morgan fingerprint density at radius 3 is 2.22 bits per heavy atom. The van der Waals surface area contributed by atoms with Crippen LogP contribution in [-0.4, -0.2) is 35.6 Å². The van der Waals surface area contributed by atoms with Gasteiger partial charge in [0.05, 0.1) is 0 Å². The van der Waals surface area contributed by atoms with Gasteiger partial charge >= 0.3 is 23.9 Å². The number of carbonyl (C=O) groups is 1. The van der Waals surface area contributed by atoms with Crippen LogP contribution >= 0.6 is 0 Å². The second-order valence-corrected chi connectivity index (χ2v) is 5.05. The highest BCUT2D eigenvalue weighted by atomic mass is 19.4. The normalized spacial score (nSPS) is 22.5. The standard InChI is InChI=1S/C14H14F6O3/c1-3-10-5-4-9(6-8(10)2)7-23-11(21)12(22,13(15,16)17)14(18,19)20/h3-6,8,10,22H,1,7H2,2H3. The Labute approximate surface area is 127 Å². The molecule has 0 fully saturated rings. The molecule has 2 unspecified atom stereocenters. The third-order valence-corrected chi connectivity index (χ3v) is 3.37. The molecule has 1 N–H and O–H groups in total. The summed E-state index contributed by atoms with van der Waals surface area (Å²) in [5.74, 6) is -2.97. The zero-order chi connectivity index (χ0) is 18.1. The van der Waals surface area contributed by atoms with E-state index in [4.69, 9.17) is 5.11 Å². The van der Waals surface area contributed by atoms with Crippen molar-refractivity contribution >= 4 is 5.97 Å². The Morgan fingerprint density at radius 2 is 1.83 bits per heavy atom. The molecule has 3 nitrogen and oxygen atoms in total. The second-order valence-electron chi connectivity index (χ2n) is 5.05. The predicted octanol–water partition coefficient (Wildman–Crippen LogP) is 3.32. The fourth-order valence-corrected chi connectivity index (χ4v) is 1.95. The monoisotopic (exact) mass is 344 g/mol. The second kappa shape index (κ2) is 6.38. The fraction of sp³-hybridized carbons (Fsp3) is 0.500. The van der Waals surface area contributed by atoms with E-state index in [2.05, 4.69) is 11.3 Å². The number of allylic oxidation sites excluding steroid dienone is 3. The lowest BCUT2D eigenvalue weighted by Crippen LogP contribution is -2.63. The Balaban J connectivity index is 2.87. The van der Waals surface area contributed by atoms with Gasteiger partial charge in [0, 0.05) is 5.92 Å². The van der Waals surface area contributed by atoms with Crippen LogP contribution in [0.4, 0.5) is 26.3 Å². The van der Waals surface area contributed by atoms with Crippen LogP contribution in [0.15, 0.2) is 36.5 Å². The number of ether oxygens (including phenoxy) is 1. The number of rotatable bonds is 4. The number of esters is 1. The molecule has 0 aromatic heterocycles. The summed E-state index contributed by atoms with van der Waals surface area (Å²) < 4.78 is 78.8. The van der Waals surface area contributed by atoms with Crippen molar-refractivity contribution < 1.29 is 41.0 Å². The van der Waals surface area contributed by atoms with Crippen LogP contribution in [0.1, 0.15) is 6.92 Å². The molecule has 0 radical (unpaired) electrons. The highest BCUT2D eigenvalue weighted by molar-refractivity contribution is 5.81. The lowest BCUT2D eigenvalue weighted by Gasteiger charge is -2.30. The first-order chi connectivity index (χ1) is 10.3. The fourth-order valence-electron chi connectivity index (χ4n) is 1.95. The van der Waals surface area contributed by atoms with Gasteiger partial charge in [-0.05, 0) is 11.5 Å². The van der Waals surface area contributed by atoms with Gasteiger partial charge in [-0.3, -0.25) is 0 Å². The first kappa shape index (κ1) is 19.3. The van der Waals surface area contributed by atoms with E-state index in [0.29, 0.717) is 0 Å². The van der Waals surface area contributed by atoms with Crippen molar-refractivity contribution in [1.29, 1.82) is 0 Å². The molecule has 0 spiro atoms. The minimum atomic E-state index is -6.25. The summed E-state index contributed by atoms with van der Waals surface area (Å²) in [7, 11) is 0. The van der Waals surface area contributed by atoms with Crippen molar-refractivity contribution in [2.75, 3.05) is 6.61 Å². The van der Waals surface area contributed by atoms with E-state index in [1.54, 1.807) is 19.1 Å². The van der Waals surface area contributed by atoms with Crippen molar-refractivity contribution in [2.45, 2.75) is 24.9 Å². The number of carbonyl (C=O) groups excluding carboxylic acids is 1. The van der Waals surface area contributed by atoms with Crippen molar-refractivity contribution in [3.63, 3.8) is 0 Å². The molecule has 0 bridgehead atoms. The quantitative estimate of drug-likeness (QED) is 0.483. The maximum atomic E-state index is 12.5. The molecule has 0 aromatic rings. The van der Waals surface area contributed by atoms with Crippen molar-refractivity contribution in [3.8, 4) is 0 Å². The predicted molar refractivity (Wildman–Crippen MR) is 68.1 cm³/mol. The molecule has 23 heavy (non-hydrogen) atoms.